The molecule has 1 unspecified atom stereocenters. The average molecular weight is 378 g/mol. The van der Waals surface area contributed by atoms with Crippen molar-refractivity contribution in [2.24, 2.45) is 0 Å². The lowest BCUT2D eigenvalue weighted by atomic mass is 9.83. The third-order valence-electron chi connectivity index (χ3n) is 6.21. The predicted octanol–water partition coefficient (Wildman–Crippen LogP) is 5.30. The molecule has 0 bridgehead atoms. The first kappa shape index (κ1) is 19.7. The lowest BCUT2D eigenvalue weighted by Gasteiger charge is -2.24. The second kappa shape index (κ2) is 9.23. The standard InChI is InChI=1S/C22H32ClNO2/c1-3-24(4-2)12-13-26-22(25)18-11-10-17-14-20(21(23)15-19(17)18)16-8-6-5-7-9-16/h14-16,18H,3-13H2,1-2H3. The van der Waals surface area contributed by atoms with Crippen LogP contribution < -0.4 is 0 Å². The van der Waals surface area contributed by atoms with Crippen LogP contribution in [0.4, 0.5) is 0 Å². The van der Waals surface area contributed by atoms with Crippen molar-refractivity contribution in [1.82, 2.24) is 4.90 Å². The Balaban J connectivity index is 1.65. The van der Waals surface area contributed by atoms with Gasteiger partial charge in [0.25, 0.3) is 0 Å². The van der Waals surface area contributed by atoms with Crippen LogP contribution in [0.3, 0.4) is 0 Å². The van der Waals surface area contributed by atoms with Crippen LogP contribution >= 0.6 is 11.6 Å². The van der Waals surface area contributed by atoms with Gasteiger partial charge in [0.05, 0.1) is 5.92 Å². The van der Waals surface area contributed by atoms with Crippen molar-refractivity contribution in [2.75, 3.05) is 26.2 Å². The van der Waals surface area contributed by atoms with Gasteiger partial charge in [-0.1, -0.05) is 50.8 Å². The normalized spacial score (nSPS) is 20.4. The van der Waals surface area contributed by atoms with Crippen LogP contribution in [0.5, 0.6) is 0 Å². The van der Waals surface area contributed by atoms with Gasteiger partial charge >= 0.3 is 5.97 Å². The Hall–Kier alpha value is -1.06. The molecular weight excluding hydrogens is 346 g/mol. The number of hydrogen-bond acceptors (Lipinski definition) is 3. The summed E-state index contributed by atoms with van der Waals surface area (Å²) in [6.07, 6.45) is 8.26. The minimum Gasteiger partial charge on any atom is -0.464 e. The number of carbonyl (C=O) groups excluding carboxylic acids is 1. The highest BCUT2D eigenvalue weighted by Crippen LogP contribution is 2.42. The monoisotopic (exact) mass is 377 g/mol. The van der Waals surface area contributed by atoms with Crippen molar-refractivity contribution in [3.8, 4) is 0 Å². The van der Waals surface area contributed by atoms with E-state index in [2.05, 4.69) is 30.9 Å². The topological polar surface area (TPSA) is 29.5 Å². The average Bonchev–Trinajstić information content (AvgIpc) is 3.08. The fraction of sp³-hybridized carbons (Fsp3) is 0.682. The van der Waals surface area contributed by atoms with Gasteiger partial charge in [0, 0.05) is 11.6 Å². The molecule has 3 nitrogen and oxygen atoms in total. The molecule has 0 aliphatic heterocycles. The Morgan fingerprint density at radius 3 is 2.54 bits per heavy atom. The predicted molar refractivity (Wildman–Crippen MR) is 107 cm³/mol. The third kappa shape index (κ3) is 4.43. The van der Waals surface area contributed by atoms with E-state index in [4.69, 9.17) is 16.3 Å². The van der Waals surface area contributed by atoms with Gasteiger partial charge in [0.15, 0.2) is 0 Å². The minimum atomic E-state index is -0.139. The first-order valence-electron chi connectivity index (χ1n) is 10.3. The summed E-state index contributed by atoms with van der Waals surface area (Å²) in [6, 6.07) is 4.35. The van der Waals surface area contributed by atoms with Crippen molar-refractivity contribution in [3.63, 3.8) is 0 Å². The van der Waals surface area contributed by atoms with Crippen LogP contribution in [0.15, 0.2) is 12.1 Å². The van der Waals surface area contributed by atoms with Crippen LogP contribution in [0.1, 0.15) is 80.9 Å². The number of benzene rings is 1. The second-order valence-corrected chi connectivity index (χ2v) is 8.10. The quantitative estimate of drug-likeness (QED) is 0.603. The van der Waals surface area contributed by atoms with Gasteiger partial charge in [-0.3, -0.25) is 4.79 Å². The molecular formula is C22H32ClNO2. The van der Waals surface area contributed by atoms with E-state index in [9.17, 15) is 4.79 Å². The number of fused-ring (bicyclic) bond motifs is 1. The van der Waals surface area contributed by atoms with Gasteiger partial charge in [0.2, 0.25) is 0 Å². The second-order valence-electron chi connectivity index (χ2n) is 7.69. The molecule has 0 radical (unpaired) electrons. The number of carbonyl (C=O) groups is 1. The van der Waals surface area contributed by atoms with E-state index in [1.807, 2.05) is 0 Å². The molecule has 26 heavy (non-hydrogen) atoms. The number of ether oxygens (including phenoxy) is 1. The molecule has 0 heterocycles. The number of likely N-dealkylation sites (N-methyl/N-ethyl adjacent to an activating group) is 1. The molecule has 0 saturated heterocycles. The van der Waals surface area contributed by atoms with E-state index in [1.165, 1.54) is 43.2 Å². The van der Waals surface area contributed by atoms with E-state index in [0.29, 0.717) is 12.5 Å². The molecule has 1 saturated carbocycles. The summed E-state index contributed by atoms with van der Waals surface area (Å²) in [4.78, 5) is 14.8. The molecule has 144 valence electrons. The Bertz CT molecular complexity index is 621. The van der Waals surface area contributed by atoms with Crippen molar-refractivity contribution in [1.29, 1.82) is 0 Å². The highest BCUT2D eigenvalue weighted by molar-refractivity contribution is 6.31. The highest BCUT2D eigenvalue weighted by atomic mass is 35.5. The summed E-state index contributed by atoms with van der Waals surface area (Å²) in [6.45, 7) is 7.51. The third-order valence-corrected chi connectivity index (χ3v) is 6.54. The summed E-state index contributed by atoms with van der Waals surface area (Å²) in [5.74, 6) is 0.374. The lowest BCUT2D eigenvalue weighted by Crippen LogP contribution is -2.28. The van der Waals surface area contributed by atoms with E-state index >= 15 is 0 Å². The number of hydrogen-bond donors (Lipinski definition) is 0. The smallest absolute Gasteiger partial charge is 0.313 e. The van der Waals surface area contributed by atoms with Gasteiger partial charge in [-0.25, -0.2) is 0 Å². The molecule has 0 aromatic heterocycles. The Labute approximate surface area is 163 Å². The zero-order valence-electron chi connectivity index (χ0n) is 16.2. The number of aryl methyl sites for hydroxylation is 1. The van der Waals surface area contributed by atoms with Gasteiger partial charge < -0.3 is 9.64 Å². The molecule has 0 spiro atoms. The summed E-state index contributed by atoms with van der Waals surface area (Å²) >= 11 is 6.64. The largest absolute Gasteiger partial charge is 0.464 e. The molecule has 1 aromatic carbocycles. The van der Waals surface area contributed by atoms with Crippen LogP contribution in [-0.2, 0) is 16.0 Å². The molecule has 0 amide bonds. The first-order chi connectivity index (χ1) is 12.6. The lowest BCUT2D eigenvalue weighted by molar-refractivity contribution is -0.145. The van der Waals surface area contributed by atoms with Crippen molar-refractivity contribution >= 4 is 17.6 Å². The number of halogens is 1. The maximum atomic E-state index is 12.6. The molecule has 1 fully saturated rings. The van der Waals surface area contributed by atoms with Crippen LogP contribution in [0.2, 0.25) is 5.02 Å². The first-order valence-corrected chi connectivity index (χ1v) is 10.7. The van der Waals surface area contributed by atoms with E-state index in [-0.39, 0.29) is 11.9 Å². The van der Waals surface area contributed by atoms with Gasteiger partial charge in [-0.2, -0.15) is 0 Å². The summed E-state index contributed by atoms with van der Waals surface area (Å²) in [5.41, 5.74) is 3.71. The molecule has 2 aliphatic rings. The SMILES string of the molecule is CCN(CC)CCOC(=O)C1CCc2cc(C3CCCCC3)c(Cl)cc21. The Kier molecular flexibility index (Phi) is 6.99. The van der Waals surface area contributed by atoms with E-state index < -0.39 is 0 Å². The van der Waals surface area contributed by atoms with E-state index in [0.717, 1.165) is 43.1 Å². The molecule has 0 N–H and O–H groups in total. The maximum absolute atomic E-state index is 12.6. The number of esters is 1. The summed E-state index contributed by atoms with van der Waals surface area (Å²) in [7, 11) is 0. The van der Waals surface area contributed by atoms with Gasteiger partial charge in [0.1, 0.15) is 6.61 Å². The number of rotatable bonds is 7. The van der Waals surface area contributed by atoms with Crippen molar-refractivity contribution in [2.45, 2.75) is 70.6 Å². The van der Waals surface area contributed by atoms with Crippen LogP contribution in [0, 0.1) is 0 Å². The van der Waals surface area contributed by atoms with Gasteiger partial charge in [-0.15, -0.1) is 0 Å². The number of nitrogens with zero attached hydrogens (tertiary/aromatic N) is 1. The van der Waals surface area contributed by atoms with Gasteiger partial charge in [-0.05, 0) is 67.4 Å². The molecule has 4 heteroatoms. The maximum Gasteiger partial charge on any atom is 0.313 e. The zero-order valence-corrected chi connectivity index (χ0v) is 17.0. The summed E-state index contributed by atoms with van der Waals surface area (Å²) < 4.78 is 5.58. The molecule has 1 aromatic rings. The van der Waals surface area contributed by atoms with E-state index in [1.54, 1.807) is 0 Å². The molecule has 2 aliphatic carbocycles. The zero-order chi connectivity index (χ0) is 18.5. The molecule has 3 rings (SSSR count). The molecule has 1 atom stereocenters. The Morgan fingerprint density at radius 2 is 1.85 bits per heavy atom. The van der Waals surface area contributed by atoms with Crippen LogP contribution in [0.25, 0.3) is 0 Å². The highest BCUT2D eigenvalue weighted by Gasteiger charge is 2.32. The van der Waals surface area contributed by atoms with Crippen molar-refractivity contribution in [3.05, 3.63) is 33.8 Å². The minimum absolute atomic E-state index is 0.0858. The fourth-order valence-electron chi connectivity index (χ4n) is 4.54. The summed E-state index contributed by atoms with van der Waals surface area (Å²) in [5, 5.41) is 0.846. The van der Waals surface area contributed by atoms with Crippen molar-refractivity contribution < 1.29 is 9.53 Å². The Morgan fingerprint density at radius 1 is 1.12 bits per heavy atom. The fourth-order valence-corrected chi connectivity index (χ4v) is 4.86. The van der Waals surface area contributed by atoms with Crippen LogP contribution in [-0.4, -0.2) is 37.1 Å².